The summed E-state index contributed by atoms with van der Waals surface area (Å²) >= 11 is 3.29. The molecule has 0 aliphatic carbocycles. The third kappa shape index (κ3) is 4.78. The molecule has 1 fully saturated rings. The summed E-state index contributed by atoms with van der Waals surface area (Å²) in [6.07, 6.45) is 3.10. The lowest BCUT2D eigenvalue weighted by molar-refractivity contribution is -0.138. The van der Waals surface area contributed by atoms with Crippen LogP contribution < -0.4 is 0 Å². The lowest BCUT2D eigenvalue weighted by Gasteiger charge is -2.31. The molecular formula is C14H17BrN2O4. The van der Waals surface area contributed by atoms with E-state index in [0.29, 0.717) is 18.8 Å². The molecule has 2 rings (SSSR count). The molecule has 0 radical (unpaired) electrons. The second-order valence-corrected chi connectivity index (χ2v) is 5.78. The highest BCUT2D eigenvalue weighted by Gasteiger charge is 2.24. The molecule has 1 aromatic rings. The number of carbonyl (C=O) groups excluding carboxylic acids is 1. The summed E-state index contributed by atoms with van der Waals surface area (Å²) in [7, 11) is 0. The van der Waals surface area contributed by atoms with Crippen molar-refractivity contribution in [3.05, 3.63) is 28.5 Å². The summed E-state index contributed by atoms with van der Waals surface area (Å²) in [6.45, 7) is 1.44. The van der Waals surface area contributed by atoms with Crippen LogP contribution in [-0.2, 0) is 9.53 Å². The Bertz CT molecular complexity index is 498. The summed E-state index contributed by atoms with van der Waals surface area (Å²) in [5.74, 6) is -0.935. The number of carboxylic acids is 1. The van der Waals surface area contributed by atoms with Gasteiger partial charge in [-0.05, 0) is 40.9 Å². The number of piperidine rings is 1. The lowest BCUT2D eigenvalue weighted by atomic mass is 10.1. The van der Waals surface area contributed by atoms with Crippen molar-refractivity contribution in [1.82, 2.24) is 9.88 Å². The second-order valence-electron chi connectivity index (χ2n) is 4.87. The van der Waals surface area contributed by atoms with Crippen LogP contribution in [0.25, 0.3) is 0 Å². The van der Waals surface area contributed by atoms with Gasteiger partial charge in [0.05, 0.1) is 19.1 Å². The maximum atomic E-state index is 12.3. The number of pyridine rings is 1. The molecule has 0 bridgehead atoms. The van der Waals surface area contributed by atoms with Crippen LogP contribution in [0, 0.1) is 0 Å². The van der Waals surface area contributed by atoms with Crippen molar-refractivity contribution in [3.8, 4) is 0 Å². The van der Waals surface area contributed by atoms with Gasteiger partial charge in [-0.3, -0.25) is 9.59 Å². The van der Waals surface area contributed by atoms with Gasteiger partial charge >= 0.3 is 5.97 Å². The summed E-state index contributed by atoms with van der Waals surface area (Å²) in [6, 6.07) is 3.49. The molecule has 0 saturated carbocycles. The van der Waals surface area contributed by atoms with Crippen molar-refractivity contribution < 1.29 is 19.4 Å². The number of hydrogen-bond acceptors (Lipinski definition) is 4. The van der Waals surface area contributed by atoms with Crippen molar-refractivity contribution in [3.63, 3.8) is 0 Å². The van der Waals surface area contributed by atoms with Crippen molar-refractivity contribution in [1.29, 1.82) is 0 Å². The highest BCUT2D eigenvalue weighted by molar-refractivity contribution is 9.10. The first-order valence-electron chi connectivity index (χ1n) is 6.80. The Balaban J connectivity index is 1.79. The fourth-order valence-electron chi connectivity index (χ4n) is 2.20. The Morgan fingerprint density at radius 1 is 1.38 bits per heavy atom. The number of amides is 1. The number of aliphatic carboxylic acids is 1. The van der Waals surface area contributed by atoms with Crippen LogP contribution in [0.1, 0.15) is 29.8 Å². The van der Waals surface area contributed by atoms with Gasteiger partial charge in [0, 0.05) is 23.8 Å². The minimum absolute atomic E-state index is 0.0158. The van der Waals surface area contributed by atoms with Gasteiger partial charge < -0.3 is 14.7 Å². The Kier molecular flexibility index (Phi) is 5.69. The predicted octanol–water partition coefficient (Wildman–Crippen LogP) is 1.94. The lowest BCUT2D eigenvalue weighted by Crippen LogP contribution is -2.41. The van der Waals surface area contributed by atoms with Crippen molar-refractivity contribution in [2.75, 3.05) is 19.7 Å². The van der Waals surface area contributed by atoms with Gasteiger partial charge in [-0.25, -0.2) is 4.98 Å². The van der Waals surface area contributed by atoms with Crippen LogP contribution in [0.5, 0.6) is 0 Å². The van der Waals surface area contributed by atoms with E-state index in [2.05, 4.69) is 20.9 Å². The van der Waals surface area contributed by atoms with Gasteiger partial charge in [-0.2, -0.15) is 0 Å². The molecule has 1 saturated heterocycles. The first-order chi connectivity index (χ1) is 10.1. The van der Waals surface area contributed by atoms with E-state index in [0.717, 1.165) is 17.3 Å². The van der Waals surface area contributed by atoms with Gasteiger partial charge in [0.1, 0.15) is 5.69 Å². The number of hydrogen-bond donors (Lipinski definition) is 1. The van der Waals surface area contributed by atoms with Crippen LogP contribution >= 0.6 is 15.9 Å². The number of carboxylic acid groups (broad SMARTS) is 1. The molecule has 1 aliphatic heterocycles. The van der Waals surface area contributed by atoms with Crippen LogP contribution in [0.15, 0.2) is 22.8 Å². The fourth-order valence-corrected chi connectivity index (χ4v) is 2.44. The molecule has 0 aromatic carbocycles. The number of ether oxygens (including phenoxy) is 1. The van der Waals surface area contributed by atoms with E-state index >= 15 is 0 Å². The summed E-state index contributed by atoms with van der Waals surface area (Å²) in [5.41, 5.74) is 0.434. The molecule has 1 aromatic heterocycles. The average molecular weight is 357 g/mol. The zero-order valence-electron chi connectivity index (χ0n) is 11.5. The number of aromatic nitrogens is 1. The number of likely N-dealkylation sites (tertiary alicyclic amines) is 1. The monoisotopic (exact) mass is 356 g/mol. The Morgan fingerprint density at radius 2 is 2.10 bits per heavy atom. The Labute approximate surface area is 131 Å². The Morgan fingerprint density at radius 3 is 2.67 bits per heavy atom. The standard InChI is InChI=1S/C14H17BrN2O4/c15-10-1-2-12(16-9-10)14(20)17-6-3-11(4-7-17)21-8-5-13(18)19/h1-2,9,11H,3-8H2,(H,18,19). The number of rotatable bonds is 5. The van der Waals surface area contributed by atoms with Crippen LogP contribution in [-0.4, -0.2) is 52.7 Å². The summed E-state index contributed by atoms with van der Waals surface area (Å²) in [5, 5.41) is 8.56. The van der Waals surface area contributed by atoms with E-state index < -0.39 is 5.97 Å². The first-order valence-corrected chi connectivity index (χ1v) is 7.60. The number of carbonyl (C=O) groups is 2. The maximum absolute atomic E-state index is 12.3. The van der Waals surface area contributed by atoms with Crippen molar-refractivity contribution >= 4 is 27.8 Å². The molecule has 1 N–H and O–H groups in total. The largest absolute Gasteiger partial charge is 0.481 e. The zero-order valence-corrected chi connectivity index (χ0v) is 13.1. The predicted molar refractivity (Wildman–Crippen MR) is 79.1 cm³/mol. The van der Waals surface area contributed by atoms with E-state index in [1.807, 2.05) is 0 Å². The molecular weight excluding hydrogens is 340 g/mol. The molecule has 1 aliphatic rings. The zero-order chi connectivity index (χ0) is 15.2. The topological polar surface area (TPSA) is 79.7 Å². The quantitative estimate of drug-likeness (QED) is 0.871. The first kappa shape index (κ1) is 15.9. The van der Waals surface area contributed by atoms with Crippen LogP contribution in [0.4, 0.5) is 0 Å². The van der Waals surface area contributed by atoms with E-state index in [1.54, 1.807) is 23.2 Å². The maximum Gasteiger partial charge on any atom is 0.305 e. The molecule has 0 spiro atoms. The molecule has 2 heterocycles. The summed E-state index contributed by atoms with van der Waals surface area (Å²) < 4.78 is 6.34. The van der Waals surface area contributed by atoms with Crippen molar-refractivity contribution in [2.45, 2.75) is 25.4 Å². The van der Waals surface area contributed by atoms with Gasteiger partial charge in [0.25, 0.3) is 5.91 Å². The van der Waals surface area contributed by atoms with Gasteiger partial charge in [0.2, 0.25) is 0 Å². The van der Waals surface area contributed by atoms with Gasteiger partial charge in [0.15, 0.2) is 0 Å². The molecule has 0 unspecified atom stereocenters. The summed E-state index contributed by atoms with van der Waals surface area (Å²) in [4.78, 5) is 28.5. The fraction of sp³-hybridized carbons (Fsp3) is 0.500. The minimum atomic E-state index is -0.857. The number of halogens is 1. The van der Waals surface area contributed by atoms with Crippen LogP contribution in [0.3, 0.4) is 0 Å². The molecule has 0 atom stereocenters. The van der Waals surface area contributed by atoms with Gasteiger partial charge in [-0.15, -0.1) is 0 Å². The van der Waals surface area contributed by atoms with E-state index in [4.69, 9.17) is 9.84 Å². The SMILES string of the molecule is O=C(O)CCOC1CCN(C(=O)c2ccc(Br)cn2)CC1. The third-order valence-corrected chi connectivity index (χ3v) is 3.81. The van der Waals surface area contributed by atoms with E-state index in [-0.39, 0.29) is 25.0 Å². The molecule has 114 valence electrons. The Hall–Kier alpha value is -1.47. The number of nitrogens with zero attached hydrogens (tertiary/aromatic N) is 2. The molecule has 6 nitrogen and oxygen atoms in total. The second kappa shape index (κ2) is 7.51. The molecule has 7 heteroatoms. The highest BCUT2D eigenvalue weighted by atomic mass is 79.9. The van der Waals surface area contributed by atoms with Gasteiger partial charge in [-0.1, -0.05) is 0 Å². The molecule has 21 heavy (non-hydrogen) atoms. The van der Waals surface area contributed by atoms with Crippen molar-refractivity contribution in [2.24, 2.45) is 0 Å². The molecule has 1 amide bonds. The van der Waals surface area contributed by atoms with E-state index in [9.17, 15) is 9.59 Å². The normalized spacial score (nSPS) is 16.0. The smallest absolute Gasteiger partial charge is 0.305 e. The highest BCUT2D eigenvalue weighted by Crippen LogP contribution is 2.16. The minimum Gasteiger partial charge on any atom is -0.481 e. The van der Waals surface area contributed by atoms with Crippen LogP contribution in [0.2, 0.25) is 0 Å². The third-order valence-electron chi connectivity index (χ3n) is 3.35. The average Bonchev–Trinajstić information content (AvgIpc) is 2.48. The van der Waals surface area contributed by atoms with E-state index in [1.165, 1.54) is 0 Å².